The van der Waals surface area contributed by atoms with Gasteiger partial charge in [0.2, 0.25) is 0 Å². The van der Waals surface area contributed by atoms with Gasteiger partial charge in [-0.05, 0) is 18.2 Å². The van der Waals surface area contributed by atoms with E-state index in [0.717, 1.165) is 4.90 Å². The van der Waals surface area contributed by atoms with E-state index in [1.807, 2.05) is 0 Å². The number of benzene rings is 1. The third-order valence-electron chi connectivity index (χ3n) is 1.54. The summed E-state index contributed by atoms with van der Waals surface area (Å²) in [6.07, 6.45) is 0. The van der Waals surface area contributed by atoms with E-state index >= 15 is 0 Å². The first-order valence-electron chi connectivity index (χ1n) is 4.20. The van der Waals surface area contributed by atoms with Crippen molar-refractivity contribution in [2.24, 2.45) is 0 Å². The Morgan fingerprint density at radius 1 is 1.50 bits per heavy atom. The Hall–Kier alpha value is -0.670. The van der Waals surface area contributed by atoms with Gasteiger partial charge in [0, 0.05) is 10.1 Å². The normalized spacial score (nSPS) is 10.6. The smallest absolute Gasteiger partial charge is 0.337 e. The highest BCUT2D eigenvalue weighted by Gasteiger charge is 2.09. The van der Waals surface area contributed by atoms with Crippen molar-refractivity contribution in [3.8, 4) is 0 Å². The van der Waals surface area contributed by atoms with Gasteiger partial charge in [-0.2, -0.15) is 0 Å². The Morgan fingerprint density at radius 3 is 2.57 bits per heavy atom. The monoisotopic (exact) mass is 230 g/mol. The molecular formula is C10H11ClO2S. The van der Waals surface area contributed by atoms with E-state index in [1.165, 1.54) is 6.07 Å². The minimum absolute atomic E-state index is 0.153. The van der Waals surface area contributed by atoms with E-state index in [9.17, 15) is 4.79 Å². The molecule has 2 nitrogen and oxygen atoms in total. The predicted molar refractivity (Wildman–Crippen MR) is 59.4 cm³/mol. The van der Waals surface area contributed by atoms with E-state index in [0.29, 0.717) is 10.3 Å². The Labute approximate surface area is 92.3 Å². The van der Waals surface area contributed by atoms with Gasteiger partial charge in [-0.1, -0.05) is 25.4 Å². The molecule has 0 radical (unpaired) electrons. The number of aromatic carboxylic acids is 1. The van der Waals surface area contributed by atoms with Crippen LogP contribution in [0.2, 0.25) is 5.02 Å². The van der Waals surface area contributed by atoms with Crippen LogP contribution in [0.15, 0.2) is 23.1 Å². The minimum Gasteiger partial charge on any atom is -0.478 e. The zero-order chi connectivity index (χ0) is 10.7. The topological polar surface area (TPSA) is 37.3 Å². The highest BCUT2D eigenvalue weighted by Crippen LogP contribution is 2.27. The standard InChI is InChI=1S/C10H11ClO2S/c1-6(2)14-7-3-4-8(10(12)13)9(11)5-7/h3-6H,1-2H3,(H,12,13). The van der Waals surface area contributed by atoms with Crippen molar-refractivity contribution >= 4 is 29.3 Å². The predicted octanol–water partition coefficient (Wildman–Crippen LogP) is 3.54. The van der Waals surface area contributed by atoms with Crippen molar-refractivity contribution in [3.63, 3.8) is 0 Å². The molecule has 1 aromatic rings. The number of thioether (sulfide) groups is 1. The third kappa shape index (κ3) is 2.93. The van der Waals surface area contributed by atoms with Crippen LogP contribution < -0.4 is 0 Å². The van der Waals surface area contributed by atoms with Crippen molar-refractivity contribution < 1.29 is 9.90 Å². The molecule has 0 unspecified atom stereocenters. The summed E-state index contributed by atoms with van der Waals surface area (Å²) in [5.74, 6) is -0.990. The van der Waals surface area contributed by atoms with Gasteiger partial charge < -0.3 is 5.11 Å². The van der Waals surface area contributed by atoms with Crippen molar-refractivity contribution in [1.82, 2.24) is 0 Å². The fourth-order valence-electron chi connectivity index (χ4n) is 1.01. The second kappa shape index (κ2) is 4.71. The van der Waals surface area contributed by atoms with Crippen LogP contribution in [-0.2, 0) is 0 Å². The molecule has 0 aliphatic rings. The van der Waals surface area contributed by atoms with E-state index in [1.54, 1.807) is 23.9 Å². The highest BCUT2D eigenvalue weighted by molar-refractivity contribution is 7.99. The molecule has 1 aromatic carbocycles. The summed E-state index contributed by atoms with van der Waals surface area (Å²) >= 11 is 7.47. The lowest BCUT2D eigenvalue weighted by atomic mass is 10.2. The van der Waals surface area contributed by atoms with Crippen LogP contribution >= 0.6 is 23.4 Å². The van der Waals surface area contributed by atoms with Crippen LogP contribution in [0, 0.1) is 0 Å². The summed E-state index contributed by atoms with van der Waals surface area (Å²) in [7, 11) is 0. The molecule has 0 aromatic heterocycles. The summed E-state index contributed by atoms with van der Waals surface area (Å²) in [5, 5.41) is 9.50. The fourth-order valence-corrected chi connectivity index (χ4v) is 2.22. The number of carboxylic acids is 1. The van der Waals surface area contributed by atoms with Gasteiger partial charge in [0.15, 0.2) is 0 Å². The molecule has 0 saturated carbocycles. The molecule has 0 fully saturated rings. The molecule has 1 N–H and O–H groups in total. The van der Waals surface area contributed by atoms with Crippen molar-refractivity contribution in [2.45, 2.75) is 24.0 Å². The number of hydrogen-bond donors (Lipinski definition) is 1. The van der Waals surface area contributed by atoms with Crippen LogP contribution in [0.3, 0.4) is 0 Å². The van der Waals surface area contributed by atoms with E-state index in [2.05, 4.69) is 13.8 Å². The average molecular weight is 231 g/mol. The maximum atomic E-state index is 10.7. The van der Waals surface area contributed by atoms with Gasteiger partial charge in [-0.15, -0.1) is 11.8 Å². The molecule has 0 spiro atoms. The summed E-state index contributed by atoms with van der Waals surface area (Å²) in [6.45, 7) is 4.15. The lowest BCUT2D eigenvalue weighted by Crippen LogP contribution is -1.97. The summed E-state index contributed by atoms with van der Waals surface area (Å²) < 4.78 is 0. The number of hydrogen-bond acceptors (Lipinski definition) is 2. The fraction of sp³-hybridized carbons (Fsp3) is 0.300. The second-order valence-corrected chi connectivity index (χ2v) is 5.17. The minimum atomic E-state index is -0.990. The second-order valence-electron chi connectivity index (χ2n) is 3.11. The summed E-state index contributed by atoms with van der Waals surface area (Å²) in [5.41, 5.74) is 0.153. The third-order valence-corrected chi connectivity index (χ3v) is 2.85. The molecule has 76 valence electrons. The molecule has 14 heavy (non-hydrogen) atoms. The number of halogens is 1. The molecule has 1 rings (SSSR count). The molecule has 0 aliphatic heterocycles. The quantitative estimate of drug-likeness (QED) is 0.807. The maximum Gasteiger partial charge on any atom is 0.337 e. The van der Waals surface area contributed by atoms with Gasteiger partial charge in [0.1, 0.15) is 0 Å². The highest BCUT2D eigenvalue weighted by atomic mass is 35.5. The first-order chi connectivity index (χ1) is 6.50. The van der Waals surface area contributed by atoms with Crippen molar-refractivity contribution in [2.75, 3.05) is 0 Å². The Kier molecular flexibility index (Phi) is 3.84. The van der Waals surface area contributed by atoms with Crippen LogP contribution in [0.5, 0.6) is 0 Å². The molecule has 0 saturated heterocycles. The first-order valence-corrected chi connectivity index (χ1v) is 5.46. The first kappa shape index (κ1) is 11.4. The molecule has 0 aliphatic carbocycles. The van der Waals surface area contributed by atoms with Crippen LogP contribution in [0.25, 0.3) is 0 Å². The van der Waals surface area contributed by atoms with Crippen molar-refractivity contribution in [1.29, 1.82) is 0 Å². The zero-order valence-electron chi connectivity index (χ0n) is 7.95. The van der Waals surface area contributed by atoms with Crippen LogP contribution in [-0.4, -0.2) is 16.3 Å². The number of carboxylic acid groups (broad SMARTS) is 1. The van der Waals surface area contributed by atoms with Crippen molar-refractivity contribution in [3.05, 3.63) is 28.8 Å². The summed E-state index contributed by atoms with van der Waals surface area (Å²) in [4.78, 5) is 11.7. The van der Waals surface area contributed by atoms with Crippen LogP contribution in [0.4, 0.5) is 0 Å². The maximum absolute atomic E-state index is 10.7. The van der Waals surface area contributed by atoms with E-state index < -0.39 is 5.97 Å². The van der Waals surface area contributed by atoms with Crippen LogP contribution in [0.1, 0.15) is 24.2 Å². The molecule has 0 amide bonds. The van der Waals surface area contributed by atoms with Gasteiger partial charge in [0.05, 0.1) is 10.6 Å². The lowest BCUT2D eigenvalue weighted by molar-refractivity contribution is 0.0697. The molecule has 0 bridgehead atoms. The van der Waals surface area contributed by atoms with E-state index in [-0.39, 0.29) is 5.56 Å². The average Bonchev–Trinajstić information content (AvgIpc) is 2.01. The lowest BCUT2D eigenvalue weighted by Gasteiger charge is -2.06. The van der Waals surface area contributed by atoms with Gasteiger partial charge >= 0.3 is 5.97 Å². The van der Waals surface area contributed by atoms with Gasteiger partial charge in [-0.25, -0.2) is 4.79 Å². The SMILES string of the molecule is CC(C)Sc1ccc(C(=O)O)c(Cl)c1. The van der Waals surface area contributed by atoms with E-state index in [4.69, 9.17) is 16.7 Å². The molecule has 0 heterocycles. The Bertz CT molecular complexity index is 350. The Morgan fingerprint density at radius 2 is 2.14 bits per heavy atom. The zero-order valence-corrected chi connectivity index (χ0v) is 9.52. The molecular weight excluding hydrogens is 220 g/mol. The molecule has 0 atom stereocenters. The number of rotatable bonds is 3. The Balaban J connectivity index is 2.94. The molecule has 4 heteroatoms. The largest absolute Gasteiger partial charge is 0.478 e. The number of carbonyl (C=O) groups is 1. The van der Waals surface area contributed by atoms with Gasteiger partial charge in [-0.3, -0.25) is 0 Å². The summed E-state index contributed by atoms with van der Waals surface area (Å²) in [6, 6.07) is 5.01. The van der Waals surface area contributed by atoms with Gasteiger partial charge in [0.25, 0.3) is 0 Å².